The third kappa shape index (κ3) is 6.08. The molecule has 1 heterocycles. The Morgan fingerprint density at radius 2 is 1.60 bits per heavy atom. The van der Waals surface area contributed by atoms with Crippen LogP contribution in [-0.2, 0) is 24.7 Å². The van der Waals surface area contributed by atoms with Crippen LogP contribution in [-0.4, -0.2) is 83.9 Å². The number of rotatable bonds is 10. The Labute approximate surface area is 178 Å². The zero-order valence-electron chi connectivity index (χ0n) is 17.7. The lowest BCUT2D eigenvalue weighted by Gasteiger charge is -2.34. The second-order valence-corrected chi connectivity index (χ2v) is 11.2. The van der Waals surface area contributed by atoms with Gasteiger partial charge in [-0.2, -0.15) is 4.31 Å². The van der Waals surface area contributed by atoms with Crippen LogP contribution in [0.25, 0.3) is 0 Å². The fourth-order valence-electron chi connectivity index (χ4n) is 3.23. The first-order valence-electron chi connectivity index (χ1n) is 9.85. The second-order valence-electron chi connectivity index (χ2n) is 7.10. The number of hydrogen-bond donors (Lipinski definition) is 0. The van der Waals surface area contributed by atoms with Crippen LogP contribution in [0.4, 0.5) is 0 Å². The molecule has 1 amide bonds. The van der Waals surface area contributed by atoms with Gasteiger partial charge in [-0.05, 0) is 18.6 Å². The molecular formula is C19H30N2O7S2. The van der Waals surface area contributed by atoms with Gasteiger partial charge in [0.05, 0.1) is 24.9 Å². The molecule has 170 valence electrons. The predicted octanol–water partition coefficient (Wildman–Crippen LogP) is 1.14. The summed E-state index contributed by atoms with van der Waals surface area (Å²) in [6, 6.07) is 4.36. The van der Waals surface area contributed by atoms with E-state index >= 15 is 0 Å². The Morgan fingerprint density at radius 1 is 0.967 bits per heavy atom. The van der Waals surface area contributed by atoms with Crippen molar-refractivity contribution in [1.29, 1.82) is 0 Å². The van der Waals surface area contributed by atoms with Crippen LogP contribution < -0.4 is 9.47 Å². The lowest BCUT2D eigenvalue weighted by atomic mass is 10.3. The van der Waals surface area contributed by atoms with Crippen molar-refractivity contribution in [2.24, 2.45) is 0 Å². The van der Waals surface area contributed by atoms with Crippen LogP contribution in [0.1, 0.15) is 26.2 Å². The van der Waals surface area contributed by atoms with Gasteiger partial charge in [-0.25, -0.2) is 16.8 Å². The molecule has 2 rings (SSSR count). The molecule has 0 bridgehead atoms. The van der Waals surface area contributed by atoms with E-state index in [-0.39, 0.29) is 36.8 Å². The molecule has 0 atom stereocenters. The zero-order valence-corrected chi connectivity index (χ0v) is 19.3. The summed E-state index contributed by atoms with van der Waals surface area (Å²) in [7, 11) is -4.34. The van der Waals surface area contributed by atoms with E-state index in [1.807, 2.05) is 6.92 Å². The summed E-state index contributed by atoms with van der Waals surface area (Å²) in [5, 5.41) is 0. The largest absolute Gasteiger partial charge is 0.493 e. The molecule has 1 aliphatic heterocycles. The number of carbonyl (C=O) groups is 1. The molecule has 0 spiro atoms. The number of sulfone groups is 1. The van der Waals surface area contributed by atoms with Crippen molar-refractivity contribution in [3.8, 4) is 11.5 Å². The summed E-state index contributed by atoms with van der Waals surface area (Å²) in [6.45, 7) is 2.47. The number of sulfonamides is 1. The first-order valence-corrected chi connectivity index (χ1v) is 13.1. The Morgan fingerprint density at radius 3 is 2.17 bits per heavy atom. The number of piperazine rings is 1. The van der Waals surface area contributed by atoms with Gasteiger partial charge in [0.25, 0.3) is 0 Å². The standard InChI is InChI=1S/C19H30N2O7S2/c1-4-5-6-13-29(23,24)15-19(22)20-9-11-21(12-10-20)30(25,26)16-7-8-17(27-2)18(14-16)28-3/h7-8,14H,4-6,9-13,15H2,1-3H3. The molecule has 11 heteroatoms. The Bertz CT molecular complexity index is 938. The first kappa shape index (κ1) is 24.4. The van der Waals surface area contributed by atoms with Gasteiger partial charge in [-0.3, -0.25) is 4.79 Å². The van der Waals surface area contributed by atoms with E-state index < -0.39 is 31.5 Å². The molecule has 9 nitrogen and oxygen atoms in total. The Balaban J connectivity index is 2.00. The summed E-state index contributed by atoms with van der Waals surface area (Å²) in [6.07, 6.45) is 2.25. The highest BCUT2D eigenvalue weighted by Gasteiger charge is 2.32. The smallest absolute Gasteiger partial charge is 0.243 e. The van der Waals surface area contributed by atoms with E-state index in [9.17, 15) is 21.6 Å². The molecule has 0 N–H and O–H groups in total. The van der Waals surface area contributed by atoms with Crippen LogP contribution in [0.5, 0.6) is 11.5 Å². The van der Waals surface area contributed by atoms with Gasteiger partial charge in [0, 0.05) is 32.2 Å². The molecule has 1 aromatic carbocycles. The number of hydrogen-bond acceptors (Lipinski definition) is 7. The van der Waals surface area contributed by atoms with Gasteiger partial charge >= 0.3 is 0 Å². The molecule has 0 radical (unpaired) electrons. The Kier molecular flexibility index (Phi) is 8.51. The number of methoxy groups -OCH3 is 2. The lowest BCUT2D eigenvalue weighted by Crippen LogP contribution is -2.51. The molecule has 1 fully saturated rings. The van der Waals surface area contributed by atoms with Crippen LogP contribution in [0.15, 0.2) is 23.1 Å². The quantitative estimate of drug-likeness (QED) is 0.480. The third-order valence-electron chi connectivity index (χ3n) is 4.99. The highest BCUT2D eigenvalue weighted by atomic mass is 32.2. The van der Waals surface area contributed by atoms with E-state index in [2.05, 4.69) is 0 Å². The monoisotopic (exact) mass is 462 g/mol. The first-order chi connectivity index (χ1) is 14.1. The van der Waals surface area contributed by atoms with Gasteiger partial charge in [-0.1, -0.05) is 19.8 Å². The summed E-state index contributed by atoms with van der Waals surface area (Å²) in [5.41, 5.74) is 0. The number of carbonyl (C=O) groups excluding carboxylic acids is 1. The SMILES string of the molecule is CCCCCS(=O)(=O)CC(=O)N1CCN(S(=O)(=O)c2ccc(OC)c(OC)c2)CC1. The molecule has 1 saturated heterocycles. The minimum absolute atomic E-state index is 0.000225. The number of unbranched alkanes of at least 4 members (excludes halogenated alkanes) is 2. The lowest BCUT2D eigenvalue weighted by molar-refractivity contribution is -0.129. The fraction of sp³-hybridized carbons (Fsp3) is 0.632. The molecule has 0 aliphatic carbocycles. The topological polar surface area (TPSA) is 110 Å². The molecule has 30 heavy (non-hydrogen) atoms. The van der Waals surface area contributed by atoms with Crippen molar-refractivity contribution in [3.05, 3.63) is 18.2 Å². The van der Waals surface area contributed by atoms with E-state index in [0.29, 0.717) is 17.9 Å². The third-order valence-corrected chi connectivity index (χ3v) is 8.48. The van der Waals surface area contributed by atoms with Crippen molar-refractivity contribution >= 4 is 25.8 Å². The zero-order chi connectivity index (χ0) is 22.4. The van der Waals surface area contributed by atoms with Crippen LogP contribution in [0.2, 0.25) is 0 Å². The maximum atomic E-state index is 12.9. The highest BCUT2D eigenvalue weighted by Crippen LogP contribution is 2.30. The highest BCUT2D eigenvalue weighted by molar-refractivity contribution is 7.92. The number of amides is 1. The number of nitrogens with zero attached hydrogens (tertiary/aromatic N) is 2. The summed E-state index contributed by atoms with van der Waals surface area (Å²) < 4.78 is 61.7. The normalized spacial score (nSPS) is 15.8. The maximum absolute atomic E-state index is 12.9. The molecule has 0 aromatic heterocycles. The minimum Gasteiger partial charge on any atom is -0.493 e. The van der Waals surface area contributed by atoms with Crippen molar-refractivity contribution in [2.75, 3.05) is 51.9 Å². The number of benzene rings is 1. The fourth-order valence-corrected chi connectivity index (χ4v) is 6.01. The van der Waals surface area contributed by atoms with Gasteiger partial charge < -0.3 is 14.4 Å². The maximum Gasteiger partial charge on any atom is 0.243 e. The molecule has 1 aromatic rings. The Hall–Kier alpha value is -1.85. The van der Waals surface area contributed by atoms with Crippen LogP contribution >= 0.6 is 0 Å². The van der Waals surface area contributed by atoms with E-state index in [4.69, 9.17) is 9.47 Å². The van der Waals surface area contributed by atoms with E-state index in [1.165, 1.54) is 41.6 Å². The van der Waals surface area contributed by atoms with Gasteiger partial charge in [0.15, 0.2) is 21.3 Å². The van der Waals surface area contributed by atoms with Crippen molar-refractivity contribution < 1.29 is 31.1 Å². The second kappa shape index (κ2) is 10.5. The average molecular weight is 463 g/mol. The molecular weight excluding hydrogens is 432 g/mol. The average Bonchev–Trinajstić information content (AvgIpc) is 2.73. The van der Waals surface area contributed by atoms with Crippen molar-refractivity contribution in [1.82, 2.24) is 9.21 Å². The molecule has 0 unspecified atom stereocenters. The molecule has 0 saturated carbocycles. The summed E-state index contributed by atoms with van der Waals surface area (Å²) in [5.74, 6) is -0.276. The number of ether oxygens (including phenoxy) is 2. The van der Waals surface area contributed by atoms with Gasteiger partial charge in [0.1, 0.15) is 5.75 Å². The van der Waals surface area contributed by atoms with Crippen LogP contribution in [0, 0.1) is 0 Å². The van der Waals surface area contributed by atoms with Gasteiger partial charge in [-0.15, -0.1) is 0 Å². The predicted molar refractivity (Wildman–Crippen MR) is 113 cm³/mol. The van der Waals surface area contributed by atoms with E-state index in [0.717, 1.165) is 12.8 Å². The summed E-state index contributed by atoms with van der Waals surface area (Å²) >= 11 is 0. The van der Waals surface area contributed by atoms with Crippen molar-refractivity contribution in [3.63, 3.8) is 0 Å². The van der Waals surface area contributed by atoms with Crippen LogP contribution in [0.3, 0.4) is 0 Å². The van der Waals surface area contributed by atoms with Crippen molar-refractivity contribution in [2.45, 2.75) is 31.1 Å². The van der Waals surface area contributed by atoms with Gasteiger partial charge in [0.2, 0.25) is 15.9 Å². The summed E-state index contributed by atoms with van der Waals surface area (Å²) in [4.78, 5) is 13.9. The van der Waals surface area contributed by atoms with E-state index in [1.54, 1.807) is 0 Å². The molecule has 1 aliphatic rings. The minimum atomic E-state index is -3.78.